The first-order chi connectivity index (χ1) is 8.91. The lowest BCUT2D eigenvalue weighted by Crippen LogP contribution is -2.07. The normalized spacial score (nSPS) is 10.5. The van der Waals surface area contributed by atoms with Gasteiger partial charge >= 0.3 is 5.97 Å². The van der Waals surface area contributed by atoms with Crippen LogP contribution in [0.1, 0.15) is 16.1 Å². The number of halogens is 2. The van der Waals surface area contributed by atoms with Crippen LogP contribution in [0, 0.1) is 6.92 Å². The van der Waals surface area contributed by atoms with E-state index in [0.717, 1.165) is 10.0 Å². The third-order valence-electron chi connectivity index (χ3n) is 2.75. The second-order valence-electron chi connectivity index (χ2n) is 3.97. The van der Waals surface area contributed by atoms with Crippen molar-refractivity contribution in [2.24, 2.45) is 0 Å². The number of hydrogen-bond acceptors (Lipinski definition) is 3. The first-order valence-corrected chi connectivity index (χ1v) is 6.53. The van der Waals surface area contributed by atoms with Crippen molar-refractivity contribution in [3.63, 3.8) is 0 Å². The summed E-state index contributed by atoms with van der Waals surface area (Å²) in [6.45, 7) is 1.76. The molecule has 19 heavy (non-hydrogen) atoms. The van der Waals surface area contributed by atoms with Crippen LogP contribution in [0.5, 0.6) is 0 Å². The third kappa shape index (κ3) is 2.57. The van der Waals surface area contributed by atoms with E-state index in [1.165, 1.54) is 0 Å². The van der Waals surface area contributed by atoms with Gasteiger partial charge in [0.1, 0.15) is 0 Å². The van der Waals surface area contributed by atoms with Crippen LogP contribution in [0.25, 0.3) is 11.3 Å². The van der Waals surface area contributed by atoms with Crippen LogP contribution < -0.4 is 5.73 Å². The summed E-state index contributed by atoms with van der Waals surface area (Å²) in [4.78, 5) is 15.2. The number of carboxylic acid groups (broad SMARTS) is 1. The zero-order valence-electron chi connectivity index (χ0n) is 9.95. The van der Waals surface area contributed by atoms with E-state index < -0.39 is 5.97 Å². The SMILES string of the molecule is Cc1c(-c2ccc(Br)cc2)nc(C(=O)O)c(Cl)c1N. The molecule has 98 valence electrons. The molecule has 0 radical (unpaired) electrons. The van der Waals surface area contributed by atoms with Crippen LogP contribution in [-0.2, 0) is 0 Å². The van der Waals surface area contributed by atoms with Gasteiger partial charge < -0.3 is 10.8 Å². The smallest absolute Gasteiger partial charge is 0.356 e. The summed E-state index contributed by atoms with van der Waals surface area (Å²) < 4.78 is 0.925. The highest BCUT2D eigenvalue weighted by Crippen LogP contribution is 2.33. The molecule has 0 saturated carbocycles. The minimum absolute atomic E-state index is 0.0224. The lowest BCUT2D eigenvalue weighted by molar-refractivity contribution is 0.0691. The van der Waals surface area contributed by atoms with Gasteiger partial charge in [-0.3, -0.25) is 0 Å². The molecule has 0 bridgehead atoms. The summed E-state index contributed by atoms with van der Waals surface area (Å²) in [7, 11) is 0. The van der Waals surface area contributed by atoms with Crippen LogP contribution >= 0.6 is 27.5 Å². The lowest BCUT2D eigenvalue weighted by atomic mass is 10.0. The number of benzene rings is 1. The Morgan fingerprint density at radius 3 is 2.47 bits per heavy atom. The maximum Gasteiger partial charge on any atom is 0.356 e. The third-order valence-corrected chi connectivity index (χ3v) is 3.66. The Kier molecular flexibility index (Phi) is 3.78. The number of carbonyl (C=O) groups is 1. The Hall–Kier alpha value is -1.59. The molecule has 0 spiro atoms. The van der Waals surface area contributed by atoms with Crippen molar-refractivity contribution in [1.82, 2.24) is 4.98 Å². The van der Waals surface area contributed by atoms with E-state index in [0.29, 0.717) is 11.3 Å². The highest BCUT2D eigenvalue weighted by molar-refractivity contribution is 9.10. The minimum Gasteiger partial charge on any atom is -0.476 e. The summed E-state index contributed by atoms with van der Waals surface area (Å²) in [6, 6.07) is 7.36. The maximum absolute atomic E-state index is 11.1. The van der Waals surface area contributed by atoms with E-state index in [9.17, 15) is 4.79 Å². The van der Waals surface area contributed by atoms with E-state index in [4.69, 9.17) is 22.4 Å². The fourth-order valence-electron chi connectivity index (χ4n) is 1.69. The van der Waals surface area contributed by atoms with Crippen molar-refractivity contribution >= 4 is 39.2 Å². The molecule has 2 aromatic rings. The molecule has 0 aliphatic heterocycles. The van der Waals surface area contributed by atoms with Crippen molar-refractivity contribution in [3.8, 4) is 11.3 Å². The molecule has 0 unspecified atom stereocenters. The Morgan fingerprint density at radius 1 is 1.37 bits per heavy atom. The predicted octanol–water partition coefficient (Wildman–Crippen LogP) is 3.75. The van der Waals surface area contributed by atoms with Crippen molar-refractivity contribution in [3.05, 3.63) is 45.0 Å². The Morgan fingerprint density at radius 2 is 1.95 bits per heavy atom. The first-order valence-electron chi connectivity index (χ1n) is 5.36. The van der Waals surface area contributed by atoms with Crippen LogP contribution in [0.4, 0.5) is 5.69 Å². The van der Waals surface area contributed by atoms with Crippen LogP contribution in [0.3, 0.4) is 0 Å². The number of aromatic nitrogens is 1. The second-order valence-corrected chi connectivity index (χ2v) is 5.27. The van der Waals surface area contributed by atoms with E-state index in [1.54, 1.807) is 6.92 Å². The number of anilines is 1. The van der Waals surface area contributed by atoms with Gasteiger partial charge in [0.2, 0.25) is 0 Å². The number of hydrogen-bond donors (Lipinski definition) is 2. The van der Waals surface area contributed by atoms with Crippen LogP contribution in [0.15, 0.2) is 28.7 Å². The molecule has 0 aliphatic carbocycles. The molecule has 1 heterocycles. The molecule has 0 aliphatic rings. The number of nitrogen functional groups attached to an aromatic ring is 1. The lowest BCUT2D eigenvalue weighted by Gasteiger charge is -2.11. The molecular formula is C13H10BrClN2O2. The number of nitrogens with two attached hydrogens (primary N) is 1. The number of carboxylic acids is 1. The summed E-state index contributed by atoms with van der Waals surface area (Å²) in [5.74, 6) is -1.20. The minimum atomic E-state index is -1.20. The maximum atomic E-state index is 11.1. The van der Waals surface area contributed by atoms with Gasteiger partial charge in [-0.05, 0) is 24.6 Å². The van der Waals surface area contributed by atoms with Crippen molar-refractivity contribution < 1.29 is 9.90 Å². The second kappa shape index (κ2) is 5.19. The number of pyridine rings is 1. The predicted molar refractivity (Wildman–Crippen MR) is 78.5 cm³/mol. The summed E-state index contributed by atoms with van der Waals surface area (Å²) in [5, 5.41) is 9.06. The van der Waals surface area contributed by atoms with E-state index in [1.807, 2.05) is 24.3 Å². The highest BCUT2D eigenvalue weighted by Gasteiger charge is 2.19. The van der Waals surface area contributed by atoms with Gasteiger partial charge in [-0.2, -0.15) is 0 Å². The van der Waals surface area contributed by atoms with E-state index in [2.05, 4.69) is 20.9 Å². The molecule has 2 rings (SSSR count). The molecule has 1 aromatic carbocycles. The fraction of sp³-hybridized carbons (Fsp3) is 0.0769. The quantitative estimate of drug-likeness (QED) is 0.872. The zero-order valence-corrected chi connectivity index (χ0v) is 12.3. The molecule has 0 fully saturated rings. The van der Waals surface area contributed by atoms with Gasteiger partial charge in [0.05, 0.1) is 16.4 Å². The first kappa shape index (κ1) is 13.8. The Bertz CT molecular complexity index is 657. The van der Waals surface area contributed by atoms with Crippen LogP contribution in [0.2, 0.25) is 5.02 Å². The molecule has 6 heteroatoms. The van der Waals surface area contributed by atoms with Crippen LogP contribution in [-0.4, -0.2) is 16.1 Å². The van der Waals surface area contributed by atoms with E-state index >= 15 is 0 Å². The highest BCUT2D eigenvalue weighted by atomic mass is 79.9. The van der Waals surface area contributed by atoms with Gasteiger partial charge in [-0.1, -0.05) is 39.7 Å². The summed E-state index contributed by atoms with van der Waals surface area (Å²) in [5.41, 5.74) is 7.82. The Labute approximate surface area is 123 Å². The number of rotatable bonds is 2. The van der Waals surface area contributed by atoms with Gasteiger partial charge in [-0.25, -0.2) is 9.78 Å². The fourth-order valence-corrected chi connectivity index (χ4v) is 2.22. The van der Waals surface area contributed by atoms with Crippen molar-refractivity contribution in [1.29, 1.82) is 0 Å². The van der Waals surface area contributed by atoms with Gasteiger partial charge in [-0.15, -0.1) is 0 Å². The molecule has 3 N–H and O–H groups in total. The molecular weight excluding hydrogens is 332 g/mol. The Balaban J connectivity index is 2.70. The molecule has 4 nitrogen and oxygen atoms in total. The number of aromatic carboxylic acids is 1. The molecule has 1 aromatic heterocycles. The van der Waals surface area contributed by atoms with Gasteiger partial charge in [0.15, 0.2) is 5.69 Å². The monoisotopic (exact) mass is 340 g/mol. The summed E-state index contributed by atoms with van der Waals surface area (Å²) >= 11 is 9.24. The average molecular weight is 342 g/mol. The molecule has 0 amide bonds. The molecule has 0 saturated heterocycles. The van der Waals surface area contributed by atoms with Crippen molar-refractivity contribution in [2.45, 2.75) is 6.92 Å². The zero-order chi connectivity index (χ0) is 14.2. The standard InChI is InChI=1S/C13H10BrClN2O2/c1-6-10(16)9(15)12(13(18)19)17-11(6)7-2-4-8(14)5-3-7/h2-5H,1H3,(H2,16,17)(H,18,19). The average Bonchev–Trinajstić information content (AvgIpc) is 2.37. The van der Waals surface area contributed by atoms with Gasteiger partial charge in [0, 0.05) is 10.0 Å². The number of nitrogens with zero attached hydrogens (tertiary/aromatic N) is 1. The molecule has 0 atom stereocenters. The topological polar surface area (TPSA) is 76.2 Å². The van der Waals surface area contributed by atoms with Gasteiger partial charge in [0.25, 0.3) is 0 Å². The van der Waals surface area contributed by atoms with E-state index in [-0.39, 0.29) is 16.4 Å². The summed E-state index contributed by atoms with van der Waals surface area (Å²) in [6.07, 6.45) is 0. The largest absolute Gasteiger partial charge is 0.476 e. The van der Waals surface area contributed by atoms with Crippen molar-refractivity contribution in [2.75, 3.05) is 5.73 Å².